The van der Waals surface area contributed by atoms with Crippen LogP contribution in [0.3, 0.4) is 0 Å². The third-order valence-electron chi connectivity index (χ3n) is 6.84. The van der Waals surface area contributed by atoms with Crippen molar-refractivity contribution in [3.05, 3.63) is 0 Å². The largest absolute Gasteiger partial charge is 0.394 e. The summed E-state index contributed by atoms with van der Waals surface area (Å²) in [5.41, 5.74) is 0. The highest BCUT2D eigenvalue weighted by Crippen LogP contribution is 2.31. The van der Waals surface area contributed by atoms with Crippen LogP contribution in [0.1, 0.15) is 20.8 Å². The predicted octanol–water partition coefficient (Wildman–Crippen LogP) is -7.30. The van der Waals surface area contributed by atoms with Gasteiger partial charge in [0.05, 0.1) is 19.8 Å². The first-order valence-electron chi connectivity index (χ1n) is 13.3. The summed E-state index contributed by atoms with van der Waals surface area (Å²) in [5.74, 6) is -2.13. The Morgan fingerprint density at radius 1 is 0.814 bits per heavy atom. The van der Waals surface area contributed by atoms with Crippen LogP contribution in [-0.4, -0.2) is 170 Å². The van der Waals surface area contributed by atoms with Gasteiger partial charge in [-0.1, -0.05) is 0 Å². The Hall–Kier alpha value is -2.40. The van der Waals surface area contributed by atoms with Gasteiger partial charge in [-0.3, -0.25) is 14.4 Å². The fraction of sp³-hybridized carbons (Fsp3) is 0.833. The molecule has 19 nitrogen and oxygen atoms in total. The smallest absolute Gasteiger partial charge is 0.217 e. The first-order chi connectivity index (χ1) is 20.2. The van der Waals surface area contributed by atoms with E-state index in [0.717, 1.165) is 20.8 Å². The molecular formula is C24H41N3O16. The molecule has 2 fully saturated rings. The lowest BCUT2D eigenvalue weighted by Crippen LogP contribution is -2.70. The summed E-state index contributed by atoms with van der Waals surface area (Å²) in [6.45, 7) is 0.540. The summed E-state index contributed by atoms with van der Waals surface area (Å²) in [7, 11) is 0. The van der Waals surface area contributed by atoms with Crippen molar-refractivity contribution in [1.82, 2.24) is 16.0 Å². The second-order valence-electron chi connectivity index (χ2n) is 10.2. The number of aldehydes is 1. The molecule has 19 heteroatoms. The maximum absolute atomic E-state index is 12.1. The lowest BCUT2D eigenvalue weighted by molar-refractivity contribution is -0.341. The van der Waals surface area contributed by atoms with Gasteiger partial charge in [0.1, 0.15) is 79.3 Å². The van der Waals surface area contributed by atoms with Crippen LogP contribution in [0.4, 0.5) is 0 Å². The van der Waals surface area contributed by atoms with Gasteiger partial charge in [-0.15, -0.1) is 0 Å². The molecule has 0 saturated carbocycles. The van der Waals surface area contributed by atoms with Crippen molar-refractivity contribution in [3.63, 3.8) is 0 Å². The number of carbonyl (C=O) groups excluding carboxylic acids is 4. The average Bonchev–Trinajstić information content (AvgIpc) is 2.95. The molecule has 2 heterocycles. The van der Waals surface area contributed by atoms with E-state index in [2.05, 4.69) is 16.0 Å². The number of nitrogens with one attached hydrogen (secondary N) is 3. The van der Waals surface area contributed by atoms with E-state index in [0.29, 0.717) is 0 Å². The maximum atomic E-state index is 12.1. The maximum Gasteiger partial charge on any atom is 0.217 e. The molecule has 3 amide bonds. The molecule has 2 aliphatic heterocycles. The first kappa shape index (κ1) is 36.8. The molecule has 0 aromatic carbocycles. The molecule has 11 N–H and O–H groups in total. The van der Waals surface area contributed by atoms with E-state index < -0.39 is 123 Å². The summed E-state index contributed by atoms with van der Waals surface area (Å²) in [6.07, 6.45) is -18.8. The molecule has 0 aromatic rings. The molecule has 43 heavy (non-hydrogen) atoms. The Labute approximate surface area is 245 Å². The Morgan fingerprint density at radius 3 is 1.81 bits per heavy atom. The highest BCUT2D eigenvalue weighted by atomic mass is 16.7. The third kappa shape index (κ3) is 9.30. The van der Waals surface area contributed by atoms with Crippen LogP contribution in [0.2, 0.25) is 0 Å². The van der Waals surface area contributed by atoms with Gasteiger partial charge in [-0.25, -0.2) is 0 Å². The van der Waals surface area contributed by atoms with Crippen LogP contribution < -0.4 is 16.0 Å². The normalized spacial score (nSPS) is 35.6. The molecule has 9 unspecified atom stereocenters. The molecular weight excluding hydrogens is 586 g/mol. The molecule has 0 spiro atoms. The van der Waals surface area contributed by atoms with Crippen molar-refractivity contribution in [2.75, 3.05) is 19.8 Å². The Bertz CT molecular complexity index is 944. The van der Waals surface area contributed by atoms with Crippen molar-refractivity contribution >= 4 is 24.0 Å². The molecule has 2 rings (SSSR count). The molecule has 0 aliphatic carbocycles. The van der Waals surface area contributed by atoms with Crippen LogP contribution in [-0.2, 0) is 38.1 Å². The van der Waals surface area contributed by atoms with Crippen LogP contribution in [0.15, 0.2) is 0 Å². The van der Waals surface area contributed by atoms with Crippen LogP contribution in [0, 0.1) is 0 Å². The van der Waals surface area contributed by atoms with E-state index in [1.807, 2.05) is 0 Å². The molecule has 0 aromatic heterocycles. The summed E-state index contributed by atoms with van der Waals surface area (Å²) in [4.78, 5) is 46.8. The predicted molar refractivity (Wildman–Crippen MR) is 137 cm³/mol. The van der Waals surface area contributed by atoms with E-state index in [4.69, 9.17) is 18.9 Å². The zero-order chi connectivity index (χ0) is 32.6. The van der Waals surface area contributed by atoms with E-state index >= 15 is 0 Å². The van der Waals surface area contributed by atoms with Gasteiger partial charge >= 0.3 is 0 Å². The van der Waals surface area contributed by atoms with Gasteiger partial charge in [0.15, 0.2) is 12.6 Å². The minimum atomic E-state index is -1.98. The average molecular weight is 628 g/mol. The van der Waals surface area contributed by atoms with Gasteiger partial charge in [0.25, 0.3) is 0 Å². The highest BCUT2D eigenvalue weighted by molar-refractivity contribution is 5.77. The monoisotopic (exact) mass is 627 g/mol. The van der Waals surface area contributed by atoms with Crippen molar-refractivity contribution < 1.29 is 79.0 Å². The first-order valence-corrected chi connectivity index (χ1v) is 13.3. The fourth-order valence-electron chi connectivity index (χ4n) is 4.78. The fourth-order valence-corrected chi connectivity index (χ4v) is 4.78. The Morgan fingerprint density at radius 2 is 1.35 bits per heavy atom. The molecule has 0 bridgehead atoms. The minimum absolute atomic E-state index is 0.148. The molecule has 2 saturated heterocycles. The number of hydrogen-bond acceptors (Lipinski definition) is 16. The van der Waals surface area contributed by atoms with Crippen molar-refractivity contribution in [1.29, 1.82) is 0 Å². The SMILES string of the molecule is CC(=O)NC(C=O)C(O)C(O[C@@H]1O[C@H](CO)C(OC2O[C@H](CO)C(O)[C@H](O)C2NC(C)=O)C(O)[C@H]1NC(C)=O)C(O)CO. The van der Waals surface area contributed by atoms with Crippen molar-refractivity contribution in [2.24, 2.45) is 0 Å². The van der Waals surface area contributed by atoms with Gasteiger partial charge < -0.3 is 80.5 Å². The minimum Gasteiger partial charge on any atom is -0.394 e. The van der Waals surface area contributed by atoms with Gasteiger partial charge in [0, 0.05) is 20.8 Å². The third-order valence-corrected chi connectivity index (χ3v) is 6.84. The number of aliphatic hydroxyl groups is 8. The van der Waals surface area contributed by atoms with Crippen LogP contribution >= 0.6 is 0 Å². The standard InChI is InChI=1S/C24H41N3O16/c1-8(32)25-11(4-28)17(36)21(12(35)5-29)42-24-16(27-10(3)34)20(39)22(14(7-31)41-24)43-23-15(26-9(2)33)19(38)18(37)13(6-30)40-23/h4,11-24,29-31,35-39H,5-7H2,1-3H3,(H,25,32)(H,26,33)(H,27,34)/t11?,12?,13-,14-,15?,16-,17?,18?,19-,20?,21?,22?,23?,24+/m1/s1. The summed E-state index contributed by atoms with van der Waals surface area (Å²) < 4.78 is 22.6. The number of amides is 3. The van der Waals surface area contributed by atoms with E-state index in [9.17, 15) is 60.0 Å². The molecule has 248 valence electrons. The zero-order valence-electron chi connectivity index (χ0n) is 23.6. The summed E-state index contributed by atoms with van der Waals surface area (Å²) in [6, 6.07) is -4.66. The summed E-state index contributed by atoms with van der Waals surface area (Å²) in [5, 5.41) is 89.2. The lowest BCUT2D eigenvalue weighted by Gasteiger charge is -2.48. The van der Waals surface area contributed by atoms with Crippen LogP contribution in [0.5, 0.6) is 0 Å². The molecule has 14 atom stereocenters. The van der Waals surface area contributed by atoms with Gasteiger partial charge in [-0.2, -0.15) is 0 Å². The second kappa shape index (κ2) is 16.6. The quantitative estimate of drug-likeness (QED) is 0.0797. The van der Waals surface area contributed by atoms with Gasteiger partial charge in [-0.05, 0) is 0 Å². The van der Waals surface area contributed by atoms with E-state index in [1.54, 1.807) is 0 Å². The molecule has 0 radical (unpaired) electrons. The number of hydrogen-bond donors (Lipinski definition) is 11. The summed E-state index contributed by atoms with van der Waals surface area (Å²) >= 11 is 0. The molecule has 2 aliphatic rings. The topological polar surface area (TPSA) is 303 Å². The number of carbonyl (C=O) groups is 4. The highest BCUT2D eigenvalue weighted by Gasteiger charge is 2.53. The lowest BCUT2D eigenvalue weighted by atomic mass is 9.94. The van der Waals surface area contributed by atoms with Gasteiger partial charge in [0.2, 0.25) is 17.7 Å². The van der Waals surface area contributed by atoms with E-state index in [1.165, 1.54) is 0 Å². The van der Waals surface area contributed by atoms with Crippen molar-refractivity contribution in [2.45, 2.75) is 106 Å². The zero-order valence-corrected chi connectivity index (χ0v) is 23.6. The second-order valence-corrected chi connectivity index (χ2v) is 10.2. The van der Waals surface area contributed by atoms with Crippen LogP contribution in [0.25, 0.3) is 0 Å². The van der Waals surface area contributed by atoms with Crippen molar-refractivity contribution in [3.8, 4) is 0 Å². The Kier molecular flexibility index (Phi) is 14.2. The number of aliphatic hydroxyl groups excluding tert-OH is 8. The Balaban J connectivity index is 2.42. The van der Waals surface area contributed by atoms with E-state index in [-0.39, 0.29) is 6.29 Å². The number of ether oxygens (including phenoxy) is 4. The number of rotatable bonds is 14.